The highest BCUT2D eigenvalue weighted by molar-refractivity contribution is 5.66. The predicted octanol–water partition coefficient (Wildman–Crippen LogP) is 5.55. The maximum atomic E-state index is 10.4. The molecule has 0 spiro atoms. The number of aromatic hydroxyl groups is 1. The van der Waals surface area contributed by atoms with E-state index in [1.807, 2.05) is 6.07 Å². The summed E-state index contributed by atoms with van der Waals surface area (Å²) >= 11 is 0. The molecule has 0 aliphatic carbocycles. The van der Waals surface area contributed by atoms with E-state index in [-0.39, 0.29) is 12.2 Å². The molecule has 0 heterocycles. The second-order valence-corrected chi connectivity index (χ2v) is 6.69. The van der Waals surface area contributed by atoms with Crippen molar-refractivity contribution < 1.29 is 24.5 Å². The Bertz CT molecular complexity index is 501. The zero-order chi connectivity index (χ0) is 19.0. The van der Waals surface area contributed by atoms with Gasteiger partial charge < -0.3 is 19.7 Å². The van der Waals surface area contributed by atoms with Crippen LogP contribution in [0, 0.1) is 0 Å². The van der Waals surface area contributed by atoms with Crippen molar-refractivity contribution in [3.05, 3.63) is 18.2 Å². The molecule has 0 saturated heterocycles. The lowest BCUT2D eigenvalue weighted by Crippen LogP contribution is -1.99. The second-order valence-electron chi connectivity index (χ2n) is 6.69. The van der Waals surface area contributed by atoms with Gasteiger partial charge in [0.2, 0.25) is 0 Å². The molecular weight excluding hydrogens is 332 g/mol. The minimum absolute atomic E-state index is 0.164. The lowest BCUT2D eigenvalue weighted by molar-refractivity contribution is -0.137. The summed E-state index contributed by atoms with van der Waals surface area (Å²) in [5, 5.41) is 18.3. The molecule has 0 radical (unpaired) electrons. The number of phenols is 1. The van der Waals surface area contributed by atoms with Gasteiger partial charge in [-0.05, 0) is 19.3 Å². The maximum absolute atomic E-state index is 10.4. The normalized spacial score (nSPS) is 10.7. The lowest BCUT2D eigenvalue weighted by Gasteiger charge is -2.10. The first kappa shape index (κ1) is 22.1. The molecule has 1 aromatic carbocycles. The first-order valence-electron chi connectivity index (χ1n) is 9.93. The lowest BCUT2D eigenvalue weighted by atomic mass is 10.1. The zero-order valence-corrected chi connectivity index (χ0v) is 16.0. The third kappa shape index (κ3) is 11.6. The Morgan fingerprint density at radius 2 is 1.31 bits per heavy atom. The molecule has 0 aliphatic heterocycles. The summed E-state index contributed by atoms with van der Waals surface area (Å²) in [5.74, 6) is 0.763. The van der Waals surface area contributed by atoms with Crippen molar-refractivity contribution in [1.82, 2.24) is 0 Å². The molecule has 1 aromatic rings. The number of unbranched alkanes of at least 4 members (excludes halogenated alkanes) is 8. The third-order valence-electron chi connectivity index (χ3n) is 4.19. The van der Waals surface area contributed by atoms with Crippen molar-refractivity contribution in [3.63, 3.8) is 0 Å². The highest BCUT2D eigenvalue weighted by Gasteiger charge is 2.03. The Kier molecular flexibility index (Phi) is 12.2. The van der Waals surface area contributed by atoms with E-state index in [1.54, 1.807) is 12.1 Å². The minimum atomic E-state index is -0.698. The van der Waals surface area contributed by atoms with Gasteiger partial charge in [-0.2, -0.15) is 0 Å². The van der Waals surface area contributed by atoms with E-state index >= 15 is 0 Å². The summed E-state index contributed by atoms with van der Waals surface area (Å²) in [6.07, 6.45) is 10.9. The first-order chi connectivity index (χ1) is 12.6. The molecule has 0 aliphatic rings. The van der Waals surface area contributed by atoms with Crippen LogP contribution in [0.1, 0.15) is 77.6 Å². The Morgan fingerprint density at radius 1 is 0.808 bits per heavy atom. The number of benzene rings is 1. The molecule has 148 valence electrons. The molecule has 2 N–H and O–H groups in total. The molecule has 5 heteroatoms. The van der Waals surface area contributed by atoms with Crippen molar-refractivity contribution in [2.75, 3.05) is 13.2 Å². The molecule has 26 heavy (non-hydrogen) atoms. The molecule has 0 aromatic heterocycles. The zero-order valence-electron chi connectivity index (χ0n) is 16.0. The van der Waals surface area contributed by atoms with E-state index in [1.165, 1.54) is 19.3 Å². The molecule has 0 fully saturated rings. The van der Waals surface area contributed by atoms with Gasteiger partial charge in [-0.15, -0.1) is 0 Å². The van der Waals surface area contributed by atoms with Gasteiger partial charge in [0.25, 0.3) is 0 Å². The summed E-state index contributed by atoms with van der Waals surface area (Å²) in [6, 6.07) is 5.05. The number of hydrogen-bond donors (Lipinski definition) is 2. The quantitative estimate of drug-likeness (QED) is 0.375. The van der Waals surface area contributed by atoms with Crippen LogP contribution >= 0.6 is 0 Å². The molecule has 5 nitrogen and oxygen atoms in total. The molecule has 0 atom stereocenters. The standard InChI is InChI=1S/C21H34O5/c1-2-3-13-25-19-15-18(22)16-20(17-19)26-14-11-9-7-5-4-6-8-10-12-21(23)24/h15-17,22H,2-14H2,1H3,(H,23,24). The van der Waals surface area contributed by atoms with E-state index in [0.717, 1.165) is 44.9 Å². The van der Waals surface area contributed by atoms with Crippen LogP contribution in [0.4, 0.5) is 0 Å². The van der Waals surface area contributed by atoms with Crippen molar-refractivity contribution in [3.8, 4) is 17.2 Å². The molecular formula is C21H34O5. The van der Waals surface area contributed by atoms with Gasteiger partial charge >= 0.3 is 5.97 Å². The molecule has 1 rings (SSSR count). The fraction of sp³-hybridized carbons (Fsp3) is 0.667. The first-order valence-corrected chi connectivity index (χ1v) is 9.93. The average molecular weight is 366 g/mol. The van der Waals surface area contributed by atoms with E-state index < -0.39 is 5.97 Å². The van der Waals surface area contributed by atoms with E-state index in [9.17, 15) is 9.90 Å². The number of hydrogen-bond acceptors (Lipinski definition) is 4. The number of aliphatic carboxylic acids is 1. The van der Waals surface area contributed by atoms with Gasteiger partial charge in [-0.1, -0.05) is 51.9 Å². The van der Waals surface area contributed by atoms with Crippen molar-refractivity contribution in [1.29, 1.82) is 0 Å². The van der Waals surface area contributed by atoms with Gasteiger partial charge in [0.05, 0.1) is 13.2 Å². The number of phenolic OH excluding ortho intramolecular Hbond substituents is 1. The van der Waals surface area contributed by atoms with Crippen LogP contribution < -0.4 is 9.47 Å². The van der Waals surface area contributed by atoms with E-state index in [0.29, 0.717) is 24.7 Å². The van der Waals surface area contributed by atoms with Crippen LogP contribution in [0.3, 0.4) is 0 Å². The second kappa shape index (κ2) is 14.3. The summed E-state index contributed by atoms with van der Waals surface area (Å²) in [5.41, 5.74) is 0. The Balaban J connectivity index is 2.06. The van der Waals surface area contributed by atoms with Crippen LogP contribution in [0.25, 0.3) is 0 Å². The largest absolute Gasteiger partial charge is 0.508 e. The summed E-state index contributed by atoms with van der Waals surface area (Å²) in [6.45, 7) is 3.39. The Hall–Kier alpha value is -1.91. The van der Waals surface area contributed by atoms with Gasteiger partial charge in [0.1, 0.15) is 17.2 Å². The summed E-state index contributed by atoms with van der Waals surface area (Å²) in [7, 11) is 0. The number of rotatable bonds is 16. The third-order valence-corrected chi connectivity index (χ3v) is 4.19. The average Bonchev–Trinajstić information content (AvgIpc) is 2.59. The van der Waals surface area contributed by atoms with Crippen LogP contribution in [-0.4, -0.2) is 29.4 Å². The molecule has 0 amide bonds. The smallest absolute Gasteiger partial charge is 0.303 e. The van der Waals surface area contributed by atoms with Gasteiger partial charge in [-0.25, -0.2) is 0 Å². The summed E-state index contributed by atoms with van der Waals surface area (Å²) < 4.78 is 11.3. The predicted molar refractivity (Wildman–Crippen MR) is 103 cm³/mol. The monoisotopic (exact) mass is 366 g/mol. The van der Waals surface area contributed by atoms with Gasteiger partial charge in [-0.3, -0.25) is 4.79 Å². The highest BCUT2D eigenvalue weighted by atomic mass is 16.5. The topological polar surface area (TPSA) is 76.0 Å². The highest BCUT2D eigenvalue weighted by Crippen LogP contribution is 2.27. The fourth-order valence-electron chi connectivity index (χ4n) is 2.69. The summed E-state index contributed by atoms with van der Waals surface area (Å²) in [4.78, 5) is 10.4. The minimum Gasteiger partial charge on any atom is -0.508 e. The Morgan fingerprint density at radius 3 is 1.85 bits per heavy atom. The maximum Gasteiger partial charge on any atom is 0.303 e. The van der Waals surface area contributed by atoms with Gasteiger partial charge in [0, 0.05) is 24.6 Å². The molecule has 0 bridgehead atoms. The van der Waals surface area contributed by atoms with Crippen LogP contribution in [0.15, 0.2) is 18.2 Å². The SMILES string of the molecule is CCCCOc1cc(O)cc(OCCCCCCCCCCC(=O)O)c1. The molecule has 0 unspecified atom stereocenters. The van der Waals surface area contributed by atoms with Crippen LogP contribution in [-0.2, 0) is 4.79 Å². The van der Waals surface area contributed by atoms with E-state index in [2.05, 4.69) is 6.92 Å². The van der Waals surface area contributed by atoms with Crippen molar-refractivity contribution in [2.45, 2.75) is 77.6 Å². The number of carboxylic acid groups (broad SMARTS) is 1. The van der Waals surface area contributed by atoms with Gasteiger partial charge in [0.15, 0.2) is 0 Å². The van der Waals surface area contributed by atoms with Crippen molar-refractivity contribution in [2.24, 2.45) is 0 Å². The number of carbonyl (C=O) groups is 1. The molecule has 0 saturated carbocycles. The number of ether oxygens (including phenoxy) is 2. The Labute approximate surface area is 157 Å². The van der Waals surface area contributed by atoms with E-state index in [4.69, 9.17) is 14.6 Å². The van der Waals surface area contributed by atoms with Crippen LogP contribution in [0.5, 0.6) is 17.2 Å². The number of carboxylic acids is 1. The fourth-order valence-corrected chi connectivity index (χ4v) is 2.69. The van der Waals surface area contributed by atoms with Crippen molar-refractivity contribution >= 4 is 5.97 Å². The van der Waals surface area contributed by atoms with Crippen LogP contribution in [0.2, 0.25) is 0 Å².